The zero-order valence-corrected chi connectivity index (χ0v) is 24.5. The first kappa shape index (κ1) is 28.6. The number of thiol groups is 1. The van der Waals surface area contributed by atoms with E-state index >= 15 is 0 Å². The fourth-order valence-corrected chi connectivity index (χ4v) is 9.36. The summed E-state index contributed by atoms with van der Waals surface area (Å²) in [5.41, 5.74) is 7.21. The number of ether oxygens (including phenoxy) is 1. The van der Waals surface area contributed by atoms with Crippen LogP contribution in [0.4, 0.5) is 10.1 Å². The Hall–Kier alpha value is -2.49. The molecule has 0 aromatic heterocycles. The van der Waals surface area contributed by atoms with Gasteiger partial charge in [0.1, 0.15) is 5.82 Å². The molecule has 7 atom stereocenters. The van der Waals surface area contributed by atoms with Crippen LogP contribution in [0.2, 0.25) is 0 Å². The summed E-state index contributed by atoms with van der Waals surface area (Å²) in [6, 6.07) is 4.42. The molecule has 0 saturated heterocycles. The highest BCUT2D eigenvalue weighted by Gasteiger charge is 2.70. The molecule has 4 fully saturated rings. The van der Waals surface area contributed by atoms with Gasteiger partial charge in [-0.05, 0) is 111 Å². The third-order valence-corrected chi connectivity index (χ3v) is 11.5. The quantitative estimate of drug-likeness (QED) is 0.289. The number of esters is 1. The van der Waals surface area contributed by atoms with Crippen LogP contribution in [0.3, 0.4) is 0 Å². The lowest BCUT2D eigenvalue weighted by Crippen LogP contribution is -2.62. The minimum atomic E-state index is -1.32. The lowest BCUT2D eigenvalue weighted by atomic mass is 9.45. The van der Waals surface area contributed by atoms with E-state index < -0.39 is 34.7 Å². The first-order chi connectivity index (χ1) is 19.5. The summed E-state index contributed by atoms with van der Waals surface area (Å²) >= 11 is 4.27. The van der Waals surface area contributed by atoms with Crippen molar-refractivity contribution in [3.05, 3.63) is 53.0 Å². The number of carbonyl (C=O) groups excluding carboxylic acids is 2. The van der Waals surface area contributed by atoms with Gasteiger partial charge in [-0.25, -0.2) is 9.38 Å². The predicted octanol–water partition coefficient (Wildman–Crippen LogP) is 4.93. The van der Waals surface area contributed by atoms with Crippen molar-refractivity contribution in [1.29, 1.82) is 0 Å². The van der Waals surface area contributed by atoms with E-state index in [1.165, 1.54) is 17.7 Å². The van der Waals surface area contributed by atoms with Gasteiger partial charge in [-0.3, -0.25) is 9.59 Å². The summed E-state index contributed by atoms with van der Waals surface area (Å²) in [6.45, 7) is 3.80. The zero-order valence-electron chi connectivity index (χ0n) is 23.6. The molecule has 1 aromatic rings. The highest BCUT2D eigenvalue weighted by Crippen LogP contribution is 2.69. The van der Waals surface area contributed by atoms with Gasteiger partial charge in [0, 0.05) is 11.0 Å². The van der Waals surface area contributed by atoms with Crippen molar-refractivity contribution >= 4 is 35.1 Å². The van der Waals surface area contributed by atoms with Crippen molar-refractivity contribution in [2.24, 2.45) is 45.2 Å². The molecule has 0 amide bonds. The highest BCUT2D eigenvalue weighted by molar-refractivity contribution is 7.96. The van der Waals surface area contributed by atoms with Crippen LogP contribution >= 0.6 is 12.6 Å². The molecule has 41 heavy (non-hydrogen) atoms. The Balaban J connectivity index is 1.34. The number of allylic oxidation sites excluding steroid dienone is 3. The Labute approximate surface area is 245 Å². The number of aliphatic imine (C=N–C) groups is 1. The van der Waals surface area contributed by atoms with E-state index in [1.54, 1.807) is 12.3 Å². The maximum Gasteiger partial charge on any atom is 0.309 e. The monoisotopic (exact) mass is 582 g/mol. The number of aliphatic hydroxyl groups excluding tert-OH is 2. The van der Waals surface area contributed by atoms with Crippen LogP contribution in [-0.4, -0.2) is 38.7 Å². The molecule has 5 aliphatic carbocycles. The second-order valence-corrected chi connectivity index (χ2v) is 13.7. The fraction of sp³-hybridized carbons (Fsp3) is 0.594. The molecule has 7 nitrogen and oxygen atoms in total. The Morgan fingerprint density at radius 3 is 2.66 bits per heavy atom. The molecular weight excluding hydrogens is 543 g/mol. The minimum Gasteiger partial charge on any atom is -0.449 e. The second kappa shape index (κ2) is 10.1. The summed E-state index contributed by atoms with van der Waals surface area (Å²) < 4.78 is 20.0. The number of hydrogen-bond acceptors (Lipinski definition) is 7. The Kier molecular flexibility index (Phi) is 7.02. The lowest BCUT2D eigenvalue weighted by molar-refractivity contribution is -0.197. The summed E-state index contributed by atoms with van der Waals surface area (Å²) in [7, 11) is 0. The Morgan fingerprint density at radius 2 is 2.00 bits per heavy atom. The number of fused-ring (bicyclic) bond motifs is 5. The standard InChI is InChI=1S/C32H39FN2O5S/c1-30-13-19(15-34)25(35-21-6-8-24(33)18(11-21)16-36)12-20(30)5-7-22-23-9-10-32(29(39)41,40-28(38)17-3-4-17)31(23,2)14-26(37)27(22)30/h6,8,11-12,15,17,22-23,26-27,36-37H,3-5,7,9-10,13-14,16,34H2,1-2H3,(H,39,41)/t22-,23-,26-,27+,30-,31-,32-/m0/s1. The van der Waals surface area contributed by atoms with Crippen LogP contribution in [0.1, 0.15) is 70.8 Å². The molecule has 1 aromatic carbocycles. The van der Waals surface area contributed by atoms with E-state index in [2.05, 4.69) is 25.6 Å². The molecule has 0 unspecified atom stereocenters. The van der Waals surface area contributed by atoms with Gasteiger partial charge in [0.25, 0.3) is 0 Å². The number of carbonyl (C=O) groups is 2. The Bertz CT molecular complexity index is 1390. The number of nitrogens with zero attached hydrogens (tertiary/aromatic N) is 1. The lowest BCUT2D eigenvalue weighted by Gasteiger charge is -2.60. The van der Waals surface area contributed by atoms with Crippen molar-refractivity contribution in [3.63, 3.8) is 0 Å². The number of rotatable bonds is 5. The van der Waals surface area contributed by atoms with E-state index in [0.717, 1.165) is 37.7 Å². The summed E-state index contributed by atoms with van der Waals surface area (Å²) in [4.78, 5) is 30.7. The van der Waals surface area contributed by atoms with Crippen LogP contribution in [0, 0.1) is 40.3 Å². The van der Waals surface area contributed by atoms with Crippen LogP contribution in [-0.2, 0) is 20.9 Å². The van der Waals surface area contributed by atoms with Gasteiger partial charge in [0.05, 0.1) is 30.0 Å². The normalized spacial score (nSPS) is 40.0. The van der Waals surface area contributed by atoms with Gasteiger partial charge in [-0.15, -0.1) is 12.6 Å². The number of hydrogen-bond donors (Lipinski definition) is 4. The van der Waals surface area contributed by atoms with Crippen LogP contribution in [0.25, 0.3) is 0 Å². The number of benzene rings is 1. The van der Waals surface area contributed by atoms with Crippen molar-refractivity contribution in [2.45, 2.75) is 83.5 Å². The topological polar surface area (TPSA) is 122 Å². The predicted molar refractivity (Wildman–Crippen MR) is 156 cm³/mol. The van der Waals surface area contributed by atoms with Gasteiger partial charge in [-0.1, -0.05) is 19.4 Å². The molecule has 0 radical (unpaired) electrons. The third-order valence-electron chi connectivity index (χ3n) is 11.2. The molecule has 5 aliphatic rings. The molecule has 220 valence electrons. The average molecular weight is 583 g/mol. The summed E-state index contributed by atoms with van der Waals surface area (Å²) in [5, 5.41) is 21.0. The fourth-order valence-electron chi connectivity index (χ4n) is 8.95. The SMILES string of the molecule is C[C@]12CC(=CN)C(=Nc3ccc(F)c(CO)c3)C=C1CC[C@@H]1[C@@H]2[C@@H](O)C[C@@]2(C)[C@H]1CC[C@]2(OC(=O)C1CC1)C(=O)S. The third kappa shape index (κ3) is 4.33. The van der Waals surface area contributed by atoms with Gasteiger partial charge >= 0.3 is 5.97 Å². The van der Waals surface area contributed by atoms with E-state index in [-0.39, 0.29) is 40.6 Å². The molecule has 0 aliphatic heterocycles. The molecule has 0 spiro atoms. The first-order valence-electron chi connectivity index (χ1n) is 14.7. The van der Waals surface area contributed by atoms with Gasteiger partial charge in [0.2, 0.25) is 5.12 Å². The molecule has 0 heterocycles. The summed E-state index contributed by atoms with van der Waals surface area (Å²) in [6.07, 6.45) is 8.29. The van der Waals surface area contributed by atoms with Crippen molar-refractivity contribution in [3.8, 4) is 0 Å². The summed E-state index contributed by atoms with van der Waals surface area (Å²) in [5.74, 6) is -0.732. The molecule has 4 N–H and O–H groups in total. The van der Waals surface area contributed by atoms with Crippen LogP contribution < -0.4 is 5.73 Å². The van der Waals surface area contributed by atoms with E-state index in [0.29, 0.717) is 30.7 Å². The number of aliphatic hydroxyl groups is 2. The van der Waals surface area contributed by atoms with Crippen LogP contribution in [0.15, 0.2) is 46.6 Å². The van der Waals surface area contributed by atoms with E-state index in [1.807, 2.05) is 6.92 Å². The van der Waals surface area contributed by atoms with Crippen molar-refractivity contribution < 1.29 is 28.9 Å². The molecule has 0 bridgehead atoms. The van der Waals surface area contributed by atoms with Gasteiger partial charge in [-0.2, -0.15) is 0 Å². The van der Waals surface area contributed by atoms with E-state index in [4.69, 9.17) is 15.5 Å². The average Bonchev–Trinajstić information content (AvgIpc) is 3.74. The number of nitrogens with two attached hydrogens (primary N) is 1. The molecular formula is C32H39FN2O5S. The molecule has 9 heteroatoms. The maximum atomic E-state index is 13.9. The van der Waals surface area contributed by atoms with E-state index in [9.17, 15) is 24.2 Å². The highest BCUT2D eigenvalue weighted by atomic mass is 32.1. The largest absolute Gasteiger partial charge is 0.449 e. The minimum absolute atomic E-state index is 0.0613. The molecule has 6 rings (SSSR count). The van der Waals surface area contributed by atoms with Gasteiger partial charge < -0.3 is 20.7 Å². The first-order valence-corrected chi connectivity index (χ1v) is 15.2. The maximum absolute atomic E-state index is 13.9. The van der Waals surface area contributed by atoms with Crippen molar-refractivity contribution in [1.82, 2.24) is 0 Å². The van der Waals surface area contributed by atoms with Gasteiger partial charge in [0.15, 0.2) is 5.60 Å². The molecule has 4 saturated carbocycles. The Morgan fingerprint density at radius 1 is 1.24 bits per heavy atom. The zero-order chi connectivity index (χ0) is 29.3. The second-order valence-electron chi connectivity index (χ2n) is 13.3. The van der Waals surface area contributed by atoms with Crippen molar-refractivity contribution in [2.75, 3.05) is 0 Å². The van der Waals surface area contributed by atoms with Crippen LogP contribution in [0.5, 0.6) is 0 Å². The number of halogens is 1. The smallest absolute Gasteiger partial charge is 0.309 e.